The monoisotopic (exact) mass is 184 g/mol. The van der Waals surface area contributed by atoms with Crippen LogP contribution in [0.5, 0.6) is 0 Å². The zero-order chi connectivity index (χ0) is 9.84. The quantitative estimate of drug-likeness (QED) is 0.467. The minimum absolute atomic E-state index is 0.313. The van der Waals surface area contributed by atoms with Crippen LogP contribution in [0.2, 0.25) is 0 Å². The molecule has 0 aromatic carbocycles. The summed E-state index contributed by atoms with van der Waals surface area (Å²) in [5.41, 5.74) is 5.45. The Morgan fingerprint density at radius 3 is 2.77 bits per heavy atom. The van der Waals surface area contributed by atoms with Crippen molar-refractivity contribution in [2.45, 2.75) is 24.9 Å². The van der Waals surface area contributed by atoms with E-state index in [1.807, 2.05) is 0 Å². The smallest absolute Gasteiger partial charge is 0.326 e. The van der Waals surface area contributed by atoms with E-state index in [1.165, 1.54) is 0 Å². The zero-order valence-corrected chi connectivity index (χ0v) is 7.06. The summed E-state index contributed by atoms with van der Waals surface area (Å²) >= 11 is 0. The number of amides is 1. The van der Waals surface area contributed by atoms with Crippen molar-refractivity contribution in [3.63, 3.8) is 0 Å². The number of nitrogens with two attached hydrogens (primary N) is 1. The van der Waals surface area contributed by atoms with E-state index in [0.29, 0.717) is 12.8 Å². The molecule has 0 saturated heterocycles. The SMILES string of the molecule is NC1CC=CCC(C(=O)O)NC1=O. The number of carboxylic acids is 1. The maximum Gasteiger partial charge on any atom is 0.326 e. The lowest BCUT2D eigenvalue weighted by Crippen LogP contribution is -2.48. The average molecular weight is 184 g/mol. The summed E-state index contributed by atoms with van der Waals surface area (Å²) in [4.78, 5) is 21.7. The van der Waals surface area contributed by atoms with Crippen LogP contribution in [0, 0.1) is 0 Å². The maximum absolute atomic E-state index is 11.1. The minimum atomic E-state index is -1.04. The number of rotatable bonds is 1. The van der Waals surface area contributed by atoms with Gasteiger partial charge in [0.05, 0.1) is 6.04 Å². The van der Waals surface area contributed by atoms with E-state index >= 15 is 0 Å². The van der Waals surface area contributed by atoms with Crippen molar-refractivity contribution in [1.29, 1.82) is 0 Å². The first-order valence-electron chi connectivity index (χ1n) is 4.05. The van der Waals surface area contributed by atoms with Crippen molar-refractivity contribution in [2.24, 2.45) is 5.73 Å². The second-order valence-electron chi connectivity index (χ2n) is 2.95. The summed E-state index contributed by atoms with van der Waals surface area (Å²) in [5.74, 6) is -1.44. The van der Waals surface area contributed by atoms with Crippen LogP contribution < -0.4 is 11.1 Å². The van der Waals surface area contributed by atoms with Crippen LogP contribution in [-0.4, -0.2) is 29.1 Å². The van der Waals surface area contributed by atoms with E-state index in [-0.39, 0.29) is 0 Å². The highest BCUT2D eigenvalue weighted by Crippen LogP contribution is 2.02. The van der Waals surface area contributed by atoms with Crippen LogP contribution in [0.4, 0.5) is 0 Å². The lowest BCUT2D eigenvalue weighted by Gasteiger charge is -2.17. The van der Waals surface area contributed by atoms with Crippen LogP contribution in [0.25, 0.3) is 0 Å². The molecule has 1 rings (SSSR count). The Morgan fingerprint density at radius 1 is 1.54 bits per heavy atom. The first-order chi connectivity index (χ1) is 6.11. The molecule has 4 N–H and O–H groups in total. The molecule has 0 fully saturated rings. The van der Waals surface area contributed by atoms with Gasteiger partial charge in [-0.05, 0) is 12.8 Å². The second-order valence-corrected chi connectivity index (χ2v) is 2.95. The Balaban J connectivity index is 2.70. The van der Waals surface area contributed by atoms with Crippen LogP contribution in [0.3, 0.4) is 0 Å². The molecule has 0 saturated carbocycles. The van der Waals surface area contributed by atoms with Crippen molar-refractivity contribution >= 4 is 11.9 Å². The lowest BCUT2D eigenvalue weighted by atomic mass is 10.1. The van der Waals surface area contributed by atoms with Gasteiger partial charge in [0, 0.05) is 0 Å². The minimum Gasteiger partial charge on any atom is -0.480 e. The molecule has 0 aromatic heterocycles. The standard InChI is InChI=1S/C8H12N2O3/c9-5-3-1-2-4-6(8(12)13)10-7(5)11/h1-2,5-6H,3-4,9H2,(H,10,11)(H,12,13). The van der Waals surface area contributed by atoms with Crippen LogP contribution in [0.15, 0.2) is 12.2 Å². The third-order valence-electron chi connectivity index (χ3n) is 1.88. The predicted octanol–water partition coefficient (Wildman–Crippen LogP) is -0.767. The molecule has 0 radical (unpaired) electrons. The first kappa shape index (κ1) is 9.73. The maximum atomic E-state index is 11.1. The van der Waals surface area contributed by atoms with Crippen molar-refractivity contribution < 1.29 is 14.7 Å². The molecular formula is C8H12N2O3. The van der Waals surface area contributed by atoms with Gasteiger partial charge in [0.15, 0.2) is 0 Å². The molecule has 0 aliphatic carbocycles. The van der Waals surface area contributed by atoms with Gasteiger partial charge in [-0.2, -0.15) is 0 Å². The molecule has 5 heteroatoms. The highest BCUT2D eigenvalue weighted by Gasteiger charge is 2.22. The topological polar surface area (TPSA) is 92.4 Å². The van der Waals surface area contributed by atoms with Gasteiger partial charge in [-0.25, -0.2) is 4.79 Å². The van der Waals surface area contributed by atoms with Crippen LogP contribution in [-0.2, 0) is 9.59 Å². The van der Waals surface area contributed by atoms with Gasteiger partial charge in [-0.15, -0.1) is 0 Å². The van der Waals surface area contributed by atoms with Gasteiger partial charge in [0.2, 0.25) is 5.91 Å². The Kier molecular flexibility index (Phi) is 3.02. The van der Waals surface area contributed by atoms with Crippen LogP contribution >= 0.6 is 0 Å². The largest absolute Gasteiger partial charge is 0.480 e. The summed E-state index contributed by atoms with van der Waals surface area (Å²) in [6, 6.07) is -1.49. The van der Waals surface area contributed by atoms with E-state index in [4.69, 9.17) is 10.8 Å². The fourth-order valence-corrected chi connectivity index (χ4v) is 1.08. The van der Waals surface area contributed by atoms with Gasteiger partial charge in [0.25, 0.3) is 0 Å². The van der Waals surface area contributed by atoms with E-state index in [1.54, 1.807) is 12.2 Å². The van der Waals surface area contributed by atoms with Crippen molar-refractivity contribution in [3.8, 4) is 0 Å². The Labute approximate surface area is 75.6 Å². The van der Waals surface area contributed by atoms with Gasteiger partial charge < -0.3 is 16.2 Å². The van der Waals surface area contributed by atoms with E-state index in [2.05, 4.69) is 5.32 Å². The highest BCUT2D eigenvalue weighted by molar-refractivity contribution is 5.87. The van der Waals surface area contributed by atoms with Gasteiger partial charge in [-0.3, -0.25) is 4.79 Å². The molecular weight excluding hydrogens is 172 g/mol. The van der Waals surface area contributed by atoms with E-state index < -0.39 is 24.0 Å². The van der Waals surface area contributed by atoms with E-state index in [0.717, 1.165) is 0 Å². The molecule has 72 valence electrons. The number of carbonyl (C=O) groups is 2. The summed E-state index contributed by atoms with van der Waals surface area (Å²) in [7, 11) is 0. The van der Waals surface area contributed by atoms with Gasteiger partial charge >= 0.3 is 5.97 Å². The van der Waals surface area contributed by atoms with E-state index in [9.17, 15) is 9.59 Å². The molecule has 5 nitrogen and oxygen atoms in total. The number of carbonyl (C=O) groups excluding carboxylic acids is 1. The Bertz CT molecular complexity index is 250. The summed E-state index contributed by atoms with van der Waals surface area (Å²) in [5, 5.41) is 11.0. The van der Waals surface area contributed by atoms with Gasteiger partial charge in [-0.1, -0.05) is 12.2 Å². The Hall–Kier alpha value is -1.36. The van der Waals surface area contributed by atoms with Crippen LogP contribution in [0.1, 0.15) is 12.8 Å². The van der Waals surface area contributed by atoms with Crippen molar-refractivity contribution in [2.75, 3.05) is 0 Å². The molecule has 1 amide bonds. The lowest BCUT2D eigenvalue weighted by molar-refractivity contribution is -0.141. The molecule has 2 atom stereocenters. The average Bonchev–Trinajstić information content (AvgIpc) is 2.06. The number of nitrogens with one attached hydrogen (secondary N) is 1. The fraction of sp³-hybridized carbons (Fsp3) is 0.500. The Morgan fingerprint density at radius 2 is 2.15 bits per heavy atom. The third kappa shape index (κ3) is 2.55. The molecule has 1 heterocycles. The summed E-state index contributed by atoms with van der Waals surface area (Å²) < 4.78 is 0. The third-order valence-corrected chi connectivity index (χ3v) is 1.88. The molecule has 1 aliphatic heterocycles. The number of hydrogen-bond donors (Lipinski definition) is 3. The zero-order valence-electron chi connectivity index (χ0n) is 7.06. The second kappa shape index (κ2) is 4.04. The first-order valence-corrected chi connectivity index (χ1v) is 4.05. The fourth-order valence-electron chi connectivity index (χ4n) is 1.08. The predicted molar refractivity (Wildman–Crippen MR) is 45.9 cm³/mol. The number of aliphatic carboxylic acids is 1. The number of hydrogen-bond acceptors (Lipinski definition) is 3. The normalized spacial score (nSPS) is 28.8. The summed E-state index contributed by atoms with van der Waals surface area (Å²) in [6.07, 6.45) is 4.23. The molecule has 0 bridgehead atoms. The molecule has 2 unspecified atom stereocenters. The van der Waals surface area contributed by atoms with Crippen molar-refractivity contribution in [1.82, 2.24) is 5.32 Å². The molecule has 13 heavy (non-hydrogen) atoms. The van der Waals surface area contributed by atoms with Gasteiger partial charge in [0.1, 0.15) is 6.04 Å². The highest BCUT2D eigenvalue weighted by atomic mass is 16.4. The molecule has 1 aliphatic rings. The molecule has 0 aromatic rings. The molecule has 0 spiro atoms. The summed E-state index contributed by atoms with van der Waals surface area (Å²) in [6.45, 7) is 0. The number of carboxylic acid groups (broad SMARTS) is 1. The van der Waals surface area contributed by atoms with Crippen molar-refractivity contribution in [3.05, 3.63) is 12.2 Å².